The first-order chi connectivity index (χ1) is 9.65. The maximum absolute atomic E-state index is 12.0. The Balaban J connectivity index is 2.19. The number of methoxy groups -OCH3 is 1. The molecule has 0 aliphatic carbocycles. The van der Waals surface area contributed by atoms with Crippen LogP contribution in [0.3, 0.4) is 0 Å². The molecule has 1 heterocycles. The average molecular weight is 273 g/mol. The molecule has 0 radical (unpaired) electrons. The average Bonchev–Trinajstić information content (AvgIpc) is 2.47. The minimum Gasteiger partial charge on any atom is -0.469 e. The van der Waals surface area contributed by atoms with Gasteiger partial charge in [-0.05, 0) is 43.5 Å². The third kappa shape index (κ3) is 3.28. The Labute approximate surface area is 121 Å². The molecule has 1 aliphatic heterocycles. The monoisotopic (exact) mass is 273 g/mol. The number of carbonyl (C=O) groups is 1. The van der Waals surface area contributed by atoms with Gasteiger partial charge in [0.15, 0.2) is 0 Å². The van der Waals surface area contributed by atoms with Crippen LogP contribution >= 0.6 is 0 Å². The lowest BCUT2D eigenvalue weighted by atomic mass is 9.80. The molecule has 1 saturated heterocycles. The standard InChI is InChI=1S/C17H23NO2/c1-4-5-13-6-8-14(9-7-13)15-10-11-18(2)12-16(15)17(19)20-3/h4,6-9,15-16H,1,5,10-12H2,2-3H3/t15-,16?/m1/s1. The Bertz CT molecular complexity index is 466. The first kappa shape index (κ1) is 14.8. The van der Waals surface area contributed by atoms with Gasteiger partial charge in [0.25, 0.3) is 0 Å². The quantitative estimate of drug-likeness (QED) is 0.624. The van der Waals surface area contributed by atoms with Gasteiger partial charge in [0.1, 0.15) is 0 Å². The first-order valence-corrected chi connectivity index (χ1v) is 7.11. The van der Waals surface area contributed by atoms with Gasteiger partial charge in [-0.15, -0.1) is 6.58 Å². The van der Waals surface area contributed by atoms with Crippen LogP contribution < -0.4 is 0 Å². The third-order valence-corrected chi connectivity index (χ3v) is 4.11. The minimum atomic E-state index is -0.100. The van der Waals surface area contributed by atoms with Gasteiger partial charge in [-0.1, -0.05) is 30.3 Å². The van der Waals surface area contributed by atoms with E-state index >= 15 is 0 Å². The number of nitrogens with zero attached hydrogens (tertiary/aromatic N) is 1. The fourth-order valence-corrected chi connectivity index (χ4v) is 2.97. The summed E-state index contributed by atoms with van der Waals surface area (Å²) in [4.78, 5) is 14.2. The molecule has 1 aliphatic rings. The van der Waals surface area contributed by atoms with Gasteiger partial charge >= 0.3 is 5.97 Å². The molecule has 2 atom stereocenters. The van der Waals surface area contributed by atoms with Crippen LogP contribution in [0, 0.1) is 5.92 Å². The van der Waals surface area contributed by atoms with E-state index in [2.05, 4.69) is 42.8 Å². The van der Waals surface area contributed by atoms with E-state index in [1.807, 2.05) is 6.08 Å². The molecular formula is C17H23NO2. The van der Waals surface area contributed by atoms with Gasteiger partial charge in [0.05, 0.1) is 13.0 Å². The van der Waals surface area contributed by atoms with Crippen molar-refractivity contribution in [2.45, 2.75) is 18.8 Å². The molecule has 20 heavy (non-hydrogen) atoms. The molecule has 2 rings (SSSR count). The number of likely N-dealkylation sites (tertiary alicyclic amines) is 1. The molecule has 108 valence electrons. The second-order valence-corrected chi connectivity index (χ2v) is 5.52. The summed E-state index contributed by atoms with van der Waals surface area (Å²) >= 11 is 0. The largest absolute Gasteiger partial charge is 0.469 e. The van der Waals surface area contributed by atoms with Gasteiger partial charge in [-0.3, -0.25) is 4.79 Å². The van der Waals surface area contributed by atoms with Crippen molar-refractivity contribution in [3.05, 3.63) is 48.0 Å². The van der Waals surface area contributed by atoms with Crippen molar-refractivity contribution >= 4 is 5.97 Å². The second-order valence-electron chi connectivity index (χ2n) is 5.52. The Kier molecular flexibility index (Phi) is 4.96. The van der Waals surface area contributed by atoms with Crippen LogP contribution in [0.5, 0.6) is 0 Å². The lowest BCUT2D eigenvalue weighted by Gasteiger charge is -2.35. The number of allylic oxidation sites excluding steroid dienone is 1. The number of hydrogen-bond donors (Lipinski definition) is 0. The lowest BCUT2D eigenvalue weighted by Crippen LogP contribution is -2.41. The van der Waals surface area contributed by atoms with E-state index in [1.165, 1.54) is 18.2 Å². The van der Waals surface area contributed by atoms with E-state index in [1.54, 1.807) is 0 Å². The molecule has 1 fully saturated rings. The molecule has 0 saturated carbocycles. The minimum absolute atomic E-state index is 0.0657. The maximum Gasteiger partial charge on any atom is 0.310 e. The summed E-state index contributed by atoms with van der Waals surface area (Å²) in [5.74, 6) is 0.0946. The SMILES string of the molecule is C=CCc1ccc([C@H]2CCN(C)CC2C(=O)OC)cc1. The fraction of sp³-hybridized carbons (Fsp3) is 0.471. The topological polar surface area (TPSA) is 29.5 Å². The van der Waals surface area contributed by atoms with Crippen molar-refractivity contribution in [2.24, 2.45) is 5.92 Å². The summed E-state index contributed by atoms with van der Waals surface area (Å²) in [7, 11) is 3.53. The van der Waals surface area contributed by atoms with E-state index in [0.717, 1.165) is 25.9 Å². The highest BCUT2D eigenvalue weighted by atomic mass is 16.5. The van der Waals surface area contributed by atoms with Crippen molar-refractivity contribution in [3.8, 4) is 0 Å². The Morgan fingerprint density at radius 3 is 2.75 bits per heavy atom. The van der Waals surface area contributed by atoms with Gasteiger partial charge in [-0.25, -0.2) is 0 Å². The van der Waals surface area contributed by atoms with Crippen LogP contribution in [0.2, 0.25) is 0 Å². The Hall–Kier alpha value is -1.61. The molecule has 3 nitrogen and oxygen atoms in total. The van der Waals surface area contributed by atoms with Gasteiger partial charge in [-0.2, -0.15) is 0 Å². The van der Waals surface area contributed by atoms with Crippen molar-refractivity contribution in [1.82, 2.24) is 4.90 Å². The summed E-state index contributed by atoms with van der Waals surface area (Å²) < 4.78 is 4.97. The molecule has 0 N–H and O–H groups in total. The zero-order valence-corrected chi connectivity index (χ0v) is 12.3. The van der Waals surface area contributed by atoms with Crippen molar-refractivity contribution < 1.29 is 9.53 Å². The lowest BCUT2D eigenvalue weighted by molar-refractivity contribution is -0.148. The maximum atomic E-state index is 12.0. The van der Waals surface area contributed by atoms with Crippen LogP contribution in [0.25, 0.3) is 0 Å². The second kappa shape index (κ2) is 6.71. The Morgan fingerprint density at radius 2 is 2.15 bits per heavy atom. The number of esters is 1. The number of ether oxygens (including phenoxy) is 1. The number of rotatable bonds is 4. The zero-order chi connectivity index (χ0) is 14.5. The number of benzene rings is 1. The van der Waals surface area contributed by atoms with Crippen LogP contribution in [0.1, 0.15) is 23.5 Å². The predicted octanol–water partition coefficient (Wildman–Crippen LogP) is 2.62. The summed E-state index contributed by atoms with van der Waals surface area (Å²) in [6.45, 7) is 5.55. The van der Waals surface area contributed by atoms with Crippen LogP contribution in [0.15, 0.2) is 36.9 Å². The van der Waals surface area contributed by atoms with Gasteiger partial charge in [0, 0.05) is 6.54 Å². The Morgan fingerprint density at radius 1 is 1.45 bits per heavy atom. The molecule has 1 unspecified atom stereocenters. The summed E-state index contributed by atoms with van der Waals surface area (Å²) in [5, 5.41) is 0. The molecule has 0 bridgehead atoms. The van der Waals surface area contributed by atoms with E-state index in [-0.39, 0.29) is 17.8 Å². The molecule has 1 aromatic carbocycles. The van der Waals surface area contributed by atoms with E-state index in [0.29, 0.717) is 0 Å². The fourth-order valence-electron chi connectivity index (χ4n) is 2.97. The summed E-state index contributed by atoms with van der Waals surface area (Å²) in [6.07, 6.45) is 3.78. The van der Waals surface area contributed by atoms with Crippen molar-refractivity contribution in [3.63, 3.8) is 0 Å². The normalized spacial score (nSPS) is 23.3. The highest BCUT2D eigenvalue weighted by Crippen LogP contribution is 2.33. The summed E-state index contributed by atoms with van der Waals surface area (Å²) in [6, 6.07) is 8.54. The first-order valence-electron chi connectivity index (χ1n) is 7.11. The van der Waals surface area contributed by atoms with Crippen LogP contribution in [0.4, 0.5) is 0 Å². The summed E-state index contributed by atoms with van der Waals surface area (Å²) in [5.41, 5.74) is 2.49. The number of hydrogen-bond acceptors (Lipinski definition) is 3. The van der Waals surface area contributed by atoms with E-state index < -0.39 is 0 Å². The highest BCUT2D eigenvalue weighted by Gasteiger charge is 2.34. The van der Waals surface area contributed by atoms with Crippen molar-refractivity contribution in [2.75, 3.05) is 27.2 Å². The van der Waals surface area contributed by atoms with Crippen LogP contribution in [-0.4, -0.2) is 38.1 Å². The molecule has 0 spiro atoms. The molecule has 0 amide bonds. The predicted molar refractivity (Wildman–Crippen MR) is 80.7 cm³/mol. The van der Waals surface area contributed by atoms with E-state index in [9.17, 15) is 4.79 Å². The number of piperidine rings is 1. The third-order valence-electron chi connectivity index (χ3n) is 4.11. The van der Waals surface area contributed by atoms with Gasteiger partial charge in [0.2, 0.25) is 0 Å². The molecule has 0 aromatic heterocycles. The van der Waals surface area contributed by atoms with Crippen LogP contribution in [-0.2, 0) is 16.0 Å². The molecule has 1 aromatic rings. The van der Waals surface area contributed by atoms with Gasteiger partial charge < -0.3 is 9.64 Å². The molecule has 3 heteroatoms. The smallest absolute Gasteiger partial charge is 0.310 e. The highest BCUT2D eigenvalue weighted by molar-refractivity contribution is 5.74. The zero-order valence-electron chi connectivity index (χ0n) is 12.3. The molecular weight excluding hydrogens is 250 g/mol. The van der Waals surface area contributed by atoms with E-state index in [4.69, 9.17) is 4.74 Å². The number of carbonyl (C=O) groups excluding carboxylic acids is 1. The van der Waals surface area contributed by atoms with Crippen molar-refractivity contribution in [1.29, 1.82) is 0 Å².